The van der Waals surface area contributed by atoms with Gasteiger partial charge in [-0.3, -0.25) is 0 Å². The fourth-order valence-electron chi connectivity index (χ4n) is 1.60. The Balaban J connectivity index is 2.46. The monoisotopic (exact) mass is 324 g/mol. The predicted molar refractivity (Wildman–Crippen MR) is 64.7 cm³/mol. The van der Waals surface area contributed by atoms with Crippen molar-refractivity contribution in [1.29, 1.82) is 0 Å². The maximum Gasteiger partial charge on any atom is 0.523 e. The molecule has 0 unspecified atom stereocenters. The first-order chi connectivity index (χ1) is 9.57. The van der Waals surface area contributed by atoms with Crippen molar-refractivity contribution < 1.29 is 35.2 Å². The van der Waals surface area contributed by atoms with Crippen LogP contribution < -0.4 is 0 Å². The van der Waals surface area contributed by atoms with E-state index in [-0.39, 0.29) is 17.1 Å². The van der Waals surface area contributed by atoms with Gasteiger partial charge in [-0.05, 0) is 26.0 Å². The highest BCUT2D eigenvalue weighted by atomic mass is 32.2. The second-order valence-electron chi connectivity index (χ2n) is 4.22. The Morgan fingerprint density at radius 3 is 1.95 bits per heavy atom. The average Bonchev–Trinajstić information content (AvgIpc) is 2.65. The van der Waals surface area contributed by atoms with Crippen LogP contribution in [0.15, 0.2) is 41.9 Å². The minimum Gasteiger partial charge on any atom is -0.427 e. The lowest BCUT2D eigenvalue weighted by Gasteiger charge is -2.27. The molecule has 0 saturated carbocycles. The summed E-state index contributed by atoms with van der Waals surface area (Å²) in [5, 5.41) is 0. The van der Waals surface area contributed by atoms with E-state index in [1.807, 2.05) is 0 Å². The average molecular weight is 324 g/mol. The molecule has 0 amide bonds. The number of alkyl halides is 3. The second-order valence-corrected chi connectivity index (χ2v) is 5.76. The lowest BCUT2D eigenvalue weighted by molar-refractivity contribution is -0.296. The molecule has 1 aliphatic heterocycles. The Kier molecular flexibility index (Phi) is 3.66. The van der Waals surface area contributed by atoms with Gasteiger partial charge in [-0.25, -0.2) is 0 Å². The summed E-state index contributed by atoms with van der Waals surface area (Å²) in [5.74, 6) is -2.27. The van der Waals surface area contributed by atoms with Crippen molar-refractivity contribution in [2.45, 2.75) is 25.3 Å². The van der Waals surface area contributed by atoms with Crippen LogP contribution in [0, 0.1) is 0 Å². The van der Waals surface area contributed by atoms with E-state index >= 15 is 0 Å². The Bertz CT molecular complexity index is 650. The summed E-state index contributed by atoms with van der Waals surface area (Å²) in [6.07, 6.45) is 0. The van der Waals surface area contributed by atoms with Gasteiger partial charge >= 0.3 is 21.6 Å². The molecule has 0 aliphatic carbocycles. The van der Waals surface area contributed by atoms with Crippen LogP contribution in [0.2, 0.25) is 0 Å². The van der Waals surface area contributed by atoms with E-state index in [1.165, 1.54) is 38.1 Å². The second kappa shape index (κ2) is 4.92. The highest BCUT2D eigenvalue weighted by molar-refractivity contribution is 7.87. The summed E-state index contributed by atoms with van der Waals surface area (Å²) < 4.78 is 74.6. The van der Waals surface area contributed by atoms with Gasteiger partial charge < -0.3 is 9.47 Å². The number of hydrogen-bond donors (Lipinski definition) is 0. The largest absolute Gasteiger partial charge is 0.523 e. The van der Waals surface area contributed by atoms with Crippen LogP contribution in [0.25, 0.3) is 0 Å². The van der Waals surface area contributed by atoms with E-state index in [1.54, 1.807) is 6.07 Å². The third kappa shape index (κ3) is 2.84. The molecule has 0 fully saturated rings. The quantitative estimate of drug-likeness (QED) is 0.632. The number of benzene rings is 1. The predicted octanol–water partition coefficient (Wildman–Crippen LogP) is 2.96. The van der Waals surface area contributed by atoms with Gasteiger partial charge in [0, 0.05) is 0 Å². The van der Waals surface area contributed by atoms with Crippen LogP contribution in [-0.4, -0.2) is 13.9 Å². The van der Waals surface area contributed by atoms with E-state index in [2.05, 4.69) is 4.18 Å². The molecule has 0 bridgehead atoms. The number of allylic oxidation sites excluding steroid dienone is 2. The molecule has 21 heavy (non-hydrogen) atoms. The van der Waals surface area contributed by atoms with Crippen molar-refractivity contribution in [3.8, 4) is 0 Å². The Morgan fingerprint density at radius 1 is 1.05 bits per heavy atom. The van der Waals surface area contributed by atoms with E-state index in [4.69, 9.17) is 9.47 Å². The fraction of sp³-hybridized carbons (Fsp3) is 0.333. The Labute approximate surface area is 119 Å². The normalized spacial score (nSPS) is 18.3. The molecule has 116 valence electrons. The number of rotatable bonds is 3. The molecule has 0 atom stereocenters. The topological polar surface area (TPSA) is 61.8 Å². The van der Waals surface area contributed by atoms with Crippen molar-refractivity contribution >= 4 is 10.1 Å². The SMILES string of the molecule is CC1=C(C)OC(OS(=O)(=O)C(F)(F)F)(c2ccccc2)O1. The van der Waals surface area contributed by atoms with Crippen LogP contribution in [0.3, 0.4) is 0 Å². The summed E-state index contributed by atoms with van der Waals surface area (Å²) in [6, 6.07) is 7.22. The van der Waals surface area contributed by atoms with Crippen molar-refractivity contribution in [3.05, 3.63) is 47.4 Å². The molecule has 1 aliphatic rings. The highest BCUT2D eigenvalue weighted by Crippen LogP contribution is 2.43. The third-order valence-corrected chi connectivity index (χ3v) is 3.71. The van der Waals surface area contributed by atoms with Crippen LogP contribution >= 0.6 is 0 Å². The maximum atomic E-state index is 12.5. The van der Waals surface area contributed by atoms with E-state index in [0.717, 1.165) is 0 Å². The Hall–Kier alpha value is -1.74. The van der Waals surface area contributed by atoms with Crippen molar-refractivity contribution in [3.63, 3.8) is 0 Å². The molecule has 0 radical (unpaired) electrons. The van der Waals surface area contributed by atoms with Crippen LogP contribution in [0.4, 0.5) is 13.2 Å². The Morgan fingerprint density at radius 2 is 1.52 bits per heavy atom. The molecule has 9 heteroatoms. The lowest BCUT2D eigenvalue weighted by atomic mass is 10.2. The molecular weight excluding hydrogens is 313 g/mol. The van der Waals surface area contributed by atoms with Crippen LogP contribution in [-0.2, 0) is 29.7 Å². The number of hydrogen-bond acceptors (Lipinski definition) is 5. The minimum atomic E-state index is -5.91. The molecule has 0 aromatic heterocycles. The fourth-order valence-corrected chi connectivity index (χ4v) is 2.15. The molecule has 0 N–H and O–H groups in total. The van der Waals surface area contributed by atoms with Crippen molar-refractivity contribution in [2.24, 2.45) is 0 Å². The molecule has 2 rings (SSSR count). The number of ether oxygens (including phenoxy) is 2. The molecular formula is C12H11F3O5S. The first-order valence-corrected chi connectivity index (χ1v) is 7.11. The first-order valence-electron chi connectivity index (χ1n) is 5.70. The molecule has 0 saturated heterocycles. The molecule has 0 spiro atoms. The third-order valence-electron chi connectivity index (χ3n) is 2.70. The van der Waals surface area contributed by atoms with Crippen LogP contribution in [0.5, 0.6) is 0 Å². The zero-order chi connectivity index (χ0) is 15.9. The summed E-state index contributed by atoms with van der Waals surface area (Å²) in [6.45, 7) is 2.84. The summed E-state index contributed by atoms with van der Waals surface area (Å²) in [7, 11) is -5.91. The van der Waals surface area contributed by atoms with E-state index in [9.17, 15) is 21.6 Å². The van der Waals surface area contributed by atoms with E-state index in [0.29, 0.717) is 0 Å². The van der Waals surface area contributed by atoms with Gasteiger partial charge in [0.05, 0.1) is 5.56 Å². The van der Waals surface area contributed by atoms with Gasteiger partial charge in [-0.1, -0.05) is 18.2 Å². The highest BCUT2D eigenvalue weighted by Gasteiger charge is 2.57. The summed E-state index contributed by atoms with van der Waals surface area (Å²) >= 11 is 0. The summed E-state index contributed by atoms with van der Waals surface area (Å²) in [5.41, 5.74) is -5.61. The molecule has 1 heterocycles. The van der Waals surface area contributed by atoms with E-state index < -0.39 is 21.6 Å². The summed E-state index contributed by atoms with van der Waals surface area (Å²) in [4.78, 5) is 0. The maximum absolute atomic E-state index is 12.5. The van der Waals surface area contributed by atoms with Crippen molar-refractivity contribution in [2.75, 3.05) is 0 Å². The smallest absolute Gasteiger partial charge is 0.427 e. The molecule has 1 aromatic rings. The van der Waals surface area contributed by atoms with Gasteiger partial charge in [-0.15, -0.1) is 0 Å². The minimum absolute atomic E-state index is 0.0194. The standard InChI is InChI=1S/C12H11F3O5S/c1-8-9(2)19-11(18-8,10-6-4-3-5-7-10)20-21(16,17)12(13,14)15/h3-7H,1-2H3. The molecule has 1 aromatic carbocycles. The van der Waals surface area contributed by atoms with Gasteiger partial charge in [0.15, 0.2) is 0 Å². The lowest BCUT2D eigenvalue weighted by Crippen LogP contribution is -2.39. The zero-order valence-electron chi connectivity index (χ0n) is 11.0. The van der Waals surface area contributed by atoms with Gasteiger partial charge in [0.25, 0.3) is 0 Å². The first kappa shape index (κ1) is 15.6. The van der Waals surface area contributed by atoms with Gasteiger partial charge in [0.2, 0.25) is 0 Å². The van der Waals surface area contributed by atoms with Gasteiger partial charge in [-0.2, -0.15) is 25.8 Å². The van der Waals surface area contributed by atoms with Gasteiger partial charge in [0.1, 0.15) is 11.5 Å². The zero-order valence-corrected chi connectivity index (χ0v) is 11.8. The van der Waals surface area contributed by atoms with Crippen molar-refractivity contribution in [1.82, 2.24) is 0 Å². The number of halogens is 3. The molecule has 5 nitrogen and oxygen atoms in total. The van der Waals surface area contributed by atoms with Crippen LogP contribution in [0.1, 0.15) is 19.4 Å².